The first-order valence-electron chi connectivity index (χ1n) is 19.6. The molecule has 0 unspecified atom stereocenters. The van der Waals surface area contributed by atoms with Gasteiger partial charge in [0, 0.05) is 72.9 Å². The maximum Gasteiger partial charge on any atom is 0.261 e. The highest BCUT2D eigenvalue weighted by molar-refractivity contribution is 6.54. The Balaban J connectivity index is 1.39. The highest BCUT2D eigenvalue weighted by Crippen LogP contribution is 2.49. The summed E-state index contributed by atoms with van der Waals surface area (Å²) in [5.41, 5.74) is 17.5. The lowest BCUT2D eigenvalue weighted by atomic mass is 9.90. The number of hydrogen-bond acceptors (Lipinski definition) is 5. The molecule has 56 heavy (non-hydrogen) atoms. The summed E-state index contributed by atoms with van der Waals surface area (Å²) in [4.78, 5) is 22.1. The lowest BCUT2D eigenvalue weighted by Crippen LogP contribution is -2.32. The molecule has 4 heterocycles. The van der Waals surface area contributed by atoms with Gasteiger partial charge in [0.2, 0.25) is 0 Å². The van der Waals surface area contributed by atoms with Crippen LogP contribution in [0.3, 0.4) is 0 Å². The smallest absolute Gasteiger partial charge is 0.261 e. The van der Waals surface area contributed by atoms with Crippen LogP contribution in [-0.4, -0.2) is 49.2 Å². The van der Waals surface area contributed by atoms with Gasteiger partial charge in [-0.05, 0) is 84.3 Å². The Kier molecular flexibility index (Phi) is 8.10. The van der Waals surface area contributed by atoms with Crippen molar-refractivity contribution in [2.45, 2.75) is 31.5 Å². The molecule has 0 amide bonds. The molecule has 1 spiro atoms. The Labute approximate surface area is 329 Å². The molecule has 0 atom stereocenters. The Morgan fingerprint density at radius 2 is 1.02 bits per heavy atom. The first-order valence-corrected chi connectivity index (χ1v) is 19.6. The van der Waals surface area contributed by atoms with Gasteiger partial charge >= 0.3 is 0 Å². The van der Waals surface area contributed by atoms with E-state index in [9.17, 15) is 0 Å². The second-order valence-corrected chi connectivity index (χ2v) is 15.6. The highest BCUT2D eigenvalue weighted by Gasteiger charge is 2.47. The van der Waals surface area contributed by atoms with E-state index in [1.807, 2.05) is 0 Å². The number of aromatic nitrogens is 2. The number of rotatable bonds is 6. The van der Waals surface area contributed by atoms with Crippen LogP contribution in [-0.2, 0) is 31.5 Å². The normalized spacial score (nSPS) is 14.9. The molecule has 274 valence electrons. The predicted molar refractivity (Wildman–Crippen MR) is 231 cm³/mol. The maximum atomic E-state index is 6.04. The summed E-state index contributed by atoms with van der Waals surface area (Å²) in [6.45, 7) is 0. The van der Waals surface area contributed by atoms with E-state index < -0.39 is 5.79 Å². The van der Waals surface area contributed by atoms with Crippen LogP contribution >= 0.6 is 0 Å². The number of hydrogen-bond donors (Lipinski definition) is 0. The van der Waals surface area contributed by atoms with Crippen molar-refractivity contribution < 1.29 is 0 Å². The van der Waals surface area contributed by atoms with Crippen LogP contribution in [0.5, 0.6) is 0 Å². The van der Waals surface area contributed by atoms with Crippen molar-refractivity contribution in [3.05, 3.63) is 185 Å². The van der Waals surface area contributed by atoms with Crippen molar-refractivity contribution in [1.82, 2.24) is 9.55 Å². The first-order chi connectivity index (χ1) is 27.4. The first kappa shape index (κ1) is 34.0. The minimum absolute atomic E-state index is 0.867. The van der Waals surface area contributed by atoms with Crippen LogP contribution in [0.4, 0.5) is 11.4 Å². The zero-order chi connectivity index (χ0) is 38.0. The van der Waals surface area contributed by atoms with Crippen LogP contribution in [0, 0.1) is 0 Å². The summed E-state index contributed by atoms with van der Waals surface area (Å²) in [6, 6.07) is 53.0. The molecule has 7 aromatic rings. The van der Waals surface area contributed by atoms with Crippen LogP contribution in [0.25, 0.3) is 33.9 Å². The van der Waals surface area contributed by atoms with Crippen molar-refractivity contribution >= 4 is 22.8 Å². The molecular formula is C50H44N6. The van der Waals surface area contributed by atoms with Gasteiger partial charge in [-0.15, -0.1) is 0 Å². The van der Waals surface area contributed by atoms with Gasteiger partial charge in [0.1, 0.15) is 5.82 Å². The second-order valence-electron chi connectivity index (χ2n) is 15.6. The van der Waals surface area contributed by atoms with E-state index in [0.717, 1.165) is 99.1 Å². The Morgan fingerprint density at radius 3 is 1.59 bits per heavy atom. The molecule has 3 aliphatic heterocycles. The molecule has 0 aliphatic carbocycles. The molecule has 6 nitrogen and oxygen atoms in total. The van der Waals surface area contributed by atoms with Crippen molar-refractivity contribution in [2.75, 3.05) is 38.0 Å². The fourth-order valence-corrected chi connectivity index (χ4v) is 8.66. The van der Waals surface area contributed by atoms with Crippen LogP contribution < -0.4 is 9.80 Å². The summed E-state index contributed by atoms with van der Waals surface area (Å²) < 4.78 is 2.40. The molecule has 0 radical (unpaired) electrons. The van der Waals surface area contributed by atoms with E-state index in [2.05, 4.69) is 188 Å². The van der Waals surface area contributed by atoms with E-state index in [-0.39, 0.29) is 0 Å². The summed E-state index contributed by atoms with van der Waals surface area (Å²) in [7, 11) is 8.31. The number of imidazole rings is 1. The number of anilines is 2. The standard InChI is InChI=1S/C50H44N6/c1-54(2)41-27-23-38(24-28-41)45-46(39-25-29-42(30-26-39)55(3)4)53-50(52-45)44-32-34-16-15-33-17-19-35(21-22-36(44)20-18-34)43(31-33)49-51-47(37-11-7-5-8-12-37)48(56(49)50)40-13-9-6-10-14-40/h5-14,17-20,23-32H,15-16,21-22H2,1-4H3. The predicted octanol–water partition coefficient (Wildman–Crippen LogP) is 9.86. The fraction of sp³-hybridized carbons (Fsp3) is 0.180. The van der Waals surface area contributed by atoms with E-state index in [0.29, 0.717) is 0 Å². The average molecular weight is 729 g/mol. The third-order valence-corrected chi connectivity index (χ3v) is 11.7. The summed E-state index contributed by atoms with van der Waals surface area (Å²) >= 11 is 0. The van der Waals surface area contributed by atoms with Crippen molar-refractivity contribution in [2.24, 2.45) is 9.98 Å². The monoisotopic (exact) mass is 728 g/mol. The average Bonchev–Trinajstić information content (AvgIpc) is 3.84. The SMILES string of the molecule is CN(C)c1ccc(C2=NC3(N=C2c2ccc(N(C)C)cc2)c2cc4ccc2CCc2ccc(cc2-c2nc(-c5ccccc5)c(-c5ccccc5)n23)CC4)cc1. The number of fused-ring (bicyclic) bond motifs is 2. The summed E-state index contributed by atoms with van der Waals surface area (Å²) in [6.07, 6.45) is 3.62. The molecule has 0 fully saturated rings. The Morgan fingerprint density at radius 1 is 0.500 bits per heavy atom. The molecular weight excluding hydrogens is 685 g/mol. The quantitative estimate of drug-likeness (QED) is 0.171. The van der Waals surface area contributed by atoms with Crippen LogP contribution in [0.1, 0.15) is 38.9 Å². The minimum atomic E-state index is -1.21. The molecule has 3 aliphatic rings. The number of aliphatic imine (C=N–C) groups is 2. The zero-order valence-electron chi connectivity index (χ0n) is 32.4. The topological polar surface area (TPSA) is 49.0 Å². The van der Waals surface area contributed by atoms with Crippen molar-refractivity contribution in [3.8, 4) is 33.9 Å². The molecule has 10 rings (SSSR count). The zero-order valence-corrected chi connectivity index (χ0v) is 32.4. The van der Waals surface area contributed by atoms with Crippen molar-refractivity contribution in [1.29, 1.82) is 0 Å². The van der Waals surface area contributed by atoms with Gasteiger partial charge in [-0.3, -0.25) is 4.57 Å². The lowest BCUT2D eigenvalue weighted by molar-refractivity contribution is 0.406. The third kappa shape index (κ3) is 5.59. The summed E-state index contributed by atoms with van der Waals surface area (Å²) in [5, 5.41) is 0. The van der Waals surface area contributed by atoms with Crippen molar-refractivity contribution in [3.63, 3.8) is 0 Å². The van der Waals surface area contributed by atoms with E-state index in [1.165, 1.54) is 22.3 Å². The van der Waals surface area contributed by atoms with Gasteiger partial charge < -0.3 is 9.80 Å². The van der Waals surface area contributed by atoms with Gasteiger partial charge in [-0.25, -0.2) is 15.0 Å². The molecule has 4 bridgehead atoms. The second kappa shape index (κ2) is 13.3. The van der Waals surface area contributed by atoms with Gasteiger partial charge in [-0.2, -0.15) is 0 Å². The number of nitrogens with zero attached hydrogens (tertiary/aromatic N) is 6. The molecule has 0 saturated carbocycles. The molecule has 0 saturated heterocycles. The Bertz CT molecular complexity index is 2600. The summed E-state index contributed by atoms with van der Waals surface area (Å²) in [5.74, 6) is -0.322. The van der Waals surface area contributed by atoms with E-state index in [1.54, 1.807) is 0 Å². The van der Waals surface area contributed by atoms with Gasteiger partial charge in [0.25, 0.3) is 5.79 Å². The van der Waals surface area contributed by atoms with Gasteiger partial charge in [0.05, 0.1) is 22.8 Å². The third-order valence-electron chi connectivity index (χ3n) is 11.7. The Hall–Kier alpha value is -6.53. The highest BCUT2D eigenvalue weighted by atomic mass is 15.4. The van der Waals surface area contributed by atoms with E-state index in [4.69, 9.17) is 15.0 Å². The molecule has 6 aromatic carbocycles. The largest absolute Gasteiger partial charge is 0.378 e. The molecule has 6 heteroatoms. The number of aryl methyl sites for hydroxylation is 4. The van der Waals surface area contributed by atoms with Gasteiger partial charge in [-0.1, -0.05) is 109 Å². The fourth-order valence-electron chi connectivity index (χ4n) is 8.66. The van der Waals surface area contributed by atoms with E-state index >= 15 is 0 Å². The van der Waals surface area contributed by atoms with Crippen LogP contribution in [0.2, 0.25) is 0 Å². The lowest BCUT2D eigenvalue weighted by Gasteiger charge is -2.31. The maximum absolute atomic E-state index is 6.04. The van der Waals surface area contributed by atoms with Gasteiger partial charge in [0.15, 0.2) is 0 Å². The molecule has 1 aromatic heterocycles. The minimum Gasteiger partial charge on any atom is -0.378 e. The van der Waals surface area contributed by atoms with Crippen LogP contribution in [0.15, 0.2) is 156 Å². The number of benzene rings is 6. The molecule has 0 N–H and O–H groups in total.